The third kappa shape index (κ3) is 12.6. The van der Waals surface area contributed by atoms with E-state index >= 15 is 0 Å². The van der Waals surface area contributed by atoms with Crippen molar-refractivity contribution < 1.29 is 71.5 Å². The summed E-state index contributed by atoms with van der Waals surface area (Å²) in [5.41, 5.74) is 0.734. The number of rotatable bonds is 16. The maximum Gasteiger partial charge on any atom is 0.407 e. The van der Waals surface area contributed by atoms with Gasteiger partial charge in [0, 0.05) is 45.7 Å². The van der Waals surface area contributed by atoms with Crippen molar-refractivity contribution in [3.63, 3.8) is 0 Å². The molecular weight excluding hydrogens is 835 g/mol. The number of ether oxygens (including phenoxy) is 7. The van der Waals surface area contributed by atoms with Gasteiger partial charge in [0.05, 0.1) is 6.42 Å². The van der Waals surface area contributed by atoms with Crippen LogP contribution < -0.4 is 16.0 Å². The SMILES string of the molecule is CC(=O)OC[C@H]1O[C@](CC(=O)NCC[C@H](NC(=O)OCC2c3ccccc3-c3ccccc32)C(=O)OC(C)(C)C)(NC(=O)c2ccccc2)[C@H](OC(C)=O)[C@@H](OC(C)=O)[C@H]1OC(C)=O. The van der Waals surface area contributed by atoms with Gasteiger partial charge in [0.25, 0.3) is 5.91 Å². The first kappa shape index (κ1) is 48.2. The first-order chi connectivity index (χ1) is 30.3. The monoisotopic (exact) mass is 887 g/mol. The Bertz CT molecular complexity index is 2180. The second-order valence-corrected chi connectivity index (χ2v) is 16.2. The van der Waals surface area contributed by atoms with E-state index in [1.54, 1.807) is 39.0 Å². The molecule has 64 heavy (non-hydrogen) atoms. The van der Waals surface area contributed by atoms with E-state index in [0.29, 0.717) is 0 Å². The second-order valence-electron chi connectivity index (χ2n) is 16.2. The van der Waals surface area contributed by atoms with Crippen LogP contribution in [0.15, 0.2) is 78.9 Å². The Balaban J connectivity index is 1.40. The summed E-state index contributed by atoms with van der Waals surface area (Å²) in [5.74, 6) is -6.34. The predicted molar refractivity (Wildman–Crippen MR) is 225 cm³/mol. The molecule has 3 amide bonds. The average Bonchev–Trinajstić information content (AvgIpc) is 3.54. The van der Waals surface area contributed by atoms with E-state index in [0.717, 1.165) is 49.9 Å². The molecule has 1 heterocycles. The van der Waals surface area contributed by atoms with Crippen molar-refractivity contribution in [1.82, 2.24) is 16.0 Å². The fraction of sp³-hybridized carbons (Fsp3) is 0.435. The molecule has 1 aliphatic carbocycles. The van der Waals surface area contributed by atoms with E-state index in [9.17, 15) is 38.4 Å². The number of carbonyl (C=O) groups is 8. The number of hydrogen-bond acceptors (Lipinski definition) is 15. The molecule has 3 aromatic carbocycles. The predicted octanol–water partition coefficient (Wildman–Crippen LogP) is 4.02. The molecular formula is C46H53N3O15. The lowest BCUT2D eigenvalue weighted by molar-refractivity contribution is -0.291. The molecule has 0 unspecified atom stereocenters. The van der Waals surface area contributed by atoms with Crippen LogP contribution in [0.1, 0.15) is 88.7 Å². The van der Waals surface area contributed by atoms with Crippen LogP contribution in [-0.4, -0.2) is 109 Å². The zero-order chi connectivity index (χ0) is 46.8. The van der Waals surface area contributed by atoms with Gasteiger partial charge in [-0.05, 0) is 61.6 Å². The van der Waals surface area contributed by atoms with Crippen molar-refractivity contribution in [2.45, 2.75) is 109 Å². The summed E-state index contributed by atoms with van der Waals surface area (Å²) in [6.07, 6.45) is -8.70. The number of nitrogens with one attached hydrogen (secondary N) is 3. The summed E-state index contributed by atoms with van der Waals surface area (Å²) < 4.78 is 39.5. The van der Waals surface area contributed by atoms with E-state index in [4.69, 9.17) is 33.2 Å². The van der Waals surface area contributed by atoms with E-state index in [2.05, 4.69) is 16.0 Å². The van der Waals surface area contributed by atoms with E-state index in [-0.39, 0.29) is 31.1 Å². The Morgan fingerprint density at radius 2 is 1.25 bits per heavy atom. The van der Waals surface area contributed by atoms with Crippen LogP contribution in [0.4, 0.5) is 4.79 Å². The van der Waals surface area contributed by atoms with Gasteiger partial charge in [0.1, 0.15) is 31.0 Å². The molecule has 2 aliphatic rings. The van der Waals surface area contributed by atoms with Crippen molar-refractivity contribution >= 4 is 47.8 Å². The minimum Gasteiger partial charge on any atom is -0.463 e. The Kier molecular flexibility index (Phi) is 15.8. The summed E-state index contributed by atoms with van der Waals surface area (Å²) in [6, 6.07) is 22.0. The first-order valence-corrected chi connectivity index (χ1v) is 20.6. The van der Waals surface area contributed by atoms with Gasteiger partial charge < -0.3 is 49.1 Å². The molecule has 0 spiro atoms. The number of carbonyl (C=O) groups excluding carboxylic acids is 8. The van der Waals surface area contributed by atoms with Gasteiger partial charge in [-0.25, -0.2) is 9.59 Å². The molecule has 1 aliphatic heterocycles. The highest BCUT2D eigenvalue weighted by atomic mass is 16.7. The van der Waals surface area contributed by atoms with Crippen molar-refractivity contribution in [3.8, 4) is 11.1 Å². The quantitative estimate of drug-likeness (QED) is 0.136. The number of hydrogen-bond donors (Lipinski definition) is 3. The highest BCUT2D eigenvalue weighted by Crippen LogP contribution is 2.44. The third-order valence-electron chi connectivity index (χ3n) is 10.0. The summed E-state index contributed by atoms with van der Waals surface area (Å²) >= 11 is 0. The molecule has 0 bridgehead atoms. The van der Waals surface area contributed by atoms with Crippen molar-refractivity contribution in [1.29, 1.82) is 0 Å². The number of esters is 5. The summed E-state index contributed by atoms with van der Waals surface area (Å²) in [7, 11) is 0. The average molecular weight is 888 g/mol. The molecule has 0 saturated carbocycles. The Morgan fingerprint density at radius 1 is 0.688 bits per heavy atom. The first-order valence-electron chi connectivity index (χ1n) is 20.6. The highest BCUT2D eigenvalue weighted by molar-refractivity contribution is 5.95. The molecule has 18 nitrogen and oxygen atoms in total. The van der Waals surface area contributed by atoms with Gasteiger partial charge in [0.15, 0.2) is 24.0 Å². The van der Waals surface area contributed by atoms with Crippen LogP contribution in [0.25, 0.3) is 11.1 Å². The lowest BCUT2D eigenvalue weighted by atomic mass is 9.87. The van der Waals surface area contributed by atoms with Gasteiger partial charge in [0.2, 0.25) is 5.91 Å². The Labute approximate surface area is 369 Å². The lowest BCUT2D eigenvalue weighted by Gasteiger charge is -2.51. The van der Waals surface area contributed by atoms with Crippen LogP contribution in [0, 0.1) is 0 Å². The molecule has 6 atom stereocenters. The maximum absolute atomic E-state index is 14.1. The van der Waals surface area contributed by atoms with E-state index in [1.165, 1.54) is 12.1 Å². The van der Waals surface area contributed by atoms with Crippen LogP contribution in [0.3, 0.4) is 0 Å². The van der Waals surface area contributed by atoms with Crippen LogP contribution in [-0.2, 0) is 61.9 Å². The molecule has 1 saturated heterocycles. The summed E-state index contributed by atoms with van der Waals surface area (Å²) in [4.78, 5) is 104. The minimum absolute atomic E-state index is 0.0387. The topological polar surface area (TPSA) is 237 Å². The molecule has 5 rings (SSSR count). The fourth-order valence-electron chi connectivity index (χ4n) is 7.58. The van der Waals surface area contributed by atoms with Gasteiger partial charge >= 0.3 is 35.9 Å². The number of alkyl carbamates (subject to hydrolysis) is 1. The zero-order valence-electron chi connectivity index (χ0n) is 36.6. The van der Waals surface area contributed by atoms with Gasteiger partial charge in [-0.1, -0.05) is 66.7 Å². The van der Waals surface area contributed by atoms with Gasteiger partial charge in [-0.15, -0.1) is 0 Å². The molecule has 1 fully saturated rings. The fourth-order valence-corrected chi connectivity index (χ4v) is 7.58. The highest BCUT2D eigenvalue weighted by Gasteiger charge is 2.61. The normalized spacial score (nSPS) is 20.5. The molecule has 0 aromatic heterocycles. The number of amides is 3. The lowest BCUT2D eigenvalue weighted by Crippen LogP contribution is -2.74. The molecule has 3 aromatic rings. The molecule has 0 radical (unpaired) electrons. The van der Waals surface area contributed by atoms with Crippen LogP contribution in [0.5, 0.6) is 0 Å². The third-order valence-corrected chi connectivity index (χ3v) is 10.0. The second kappa shape index (κ2) is 21.0. The Hall–Kier alpha value is -6.82. The molecule has 18 heteroatoms. The minimum atomic E-state index is -2.41. The molecule has 3 N–H and O–H groups in total. The maximum atomic E-state index is 14.1. The summed E-state index contributed by atoms with van der Waals surface area (Å²) in [5, 5.41) is 7.83. The summed E-state index contributed by atoms with van der Waals surface area (Å²) in [6.45, 7) is 8.17. The van der Waals surface area contributed by atoms with Crippen molar-refractivity contribution in [2.24, 2.45) is 0 Å². The van der Waals surface area contributed by atoms with Crippen LogP contribution in [0.2, 0.25) is 0 Å². The zero-order valence-corrected chi connectivity index (χ0v) is 36.6. The number of fused-ring (bicyclic) bond motifs is 3. The van der Waals surface area contributed by atoms with Crippen LogP contribution >= 0.6 is 0 Å². The number of benzene rings is 3. The van der Waals surface area contributed by atoms with Gasteiger partial charge in [-0.3, -0.25) is 28.8 Å². The Morgan fingerprint density at radius 3 is 1.81 bits per heavy atom. The smallest absolute Gasteiger partial charge is 0.407 e. The largest absolute Gasteiger partial charge is 0.463 e. The van der Waals surface area contributed by atoms with Gasteiger partial charge in [-0.2, -0.15) is 0 Å². The standard InChI is InChI=1S/C46H53N3O15/c1-26(50)58-25-37-39(60-27(2)51)40(61-28(3)52)41(62-29(4)53)46(63-37,49-42(55)30-15-9-8-10-16-30)23-38(54)47-22-21-36(43(56)64-45(5,6)7)48-44(57)59-24-35-33-19-13-11-17-31(33)32-18-12-14-20-34(32)35/h8-20,35-37,39-41H,21-25H2,1-7H3,(H,47,54)(H,48,57)(H,49,55)/t36-,37+,39-,40-,41+,46-/m0/s1. The van der Waals surface area contributed by atoms with Crippen molar-refractivity contribution in [2.75, 3.05) is 19.8 Å². The molecule has 342 valence electrons. The van der Waals surface area contributed by atoms with E-state index < -0.39 is 103 Å². The van der Waals surface area contributed by atoms with E-state index in [1.807, 2.05) is 48.5 Å². The van der Waals surface area contributed by atoms with Crippen molar-refractivity contribution in [3.05, 3.63) is 95.6 Å².